The number of hydrogen-bond donors (Lipinski definition) is 2. The summed E-state index contributed by atoms with van der Waals surface area (Å²) in [6.07, 6.45) is 5.46. The fraction of sp³-hybridized carbons (Fsp3) is 0.750. The molecule has 102 valence electrons. The molecule has 0 radical (unpaired) electrons. The highest BCUT2D eigenvalue weighted by Crippen LogP contribution is 2.12. The summed E-state index contributed by atoms with van der Waals surface area (Å²) in [5.74, 6) is 0.678. The van der Waals surface area contributed by atoms with Crippen LogP contribution < -0.4 is 5.32 Å². The molecular formula is C12H21N3O2S. The van der Waals surface area contributed by atoms with Crippen LogP contribution in [0, 0.1) is 6.92 Å². The average molecular weight is 271 g/mol. The smallest absolute Gasteiger partial charge is 0.150 e. The number of H-pyrrole nitrogens is 1. The average Bonchev–Trinajstić information content (AvgIpc) is 2.72. The van der Waals surface area contributed by atoms with Gasteiger partial charge in [0.05, 0.1) is 17.7 Å². The van der Waals surface area contributed by atoms with Crippen LogP contribution in [0.3, 0.4) is 0 Å². The lowest BCUT2D eigenvalue weighted by atomic mass is 10.1. The van der Waals surface area contributed by atoms with Gasteiger partial charge in [-0.3, -0.25) is 5.10 Å². The van der Waals surface area contributed by atoms with E-state index >= 15 is 0 Å². The molecule has 0 unspecified atom stereocenters. The van der Waals surface area contributed by atoms with Crippen LogP contribution in [0.15, 0.2) is 6.20 Å². The summed E-state index contributed by atoms with van der Waals surface area (Å²) in [5, 5.41) is 10.4. The Morgan fingerprint density at radius 1 is 1.44 bits per heavy atom. The van der Waals surface area contributed by atoms with E-state index in [9.17, 15) is 8.42 Å². The van der Waals surface area contributed by atoms with Gasteiger partial charge in [0.1, 0.15) is 9.84 Å². The number of rotatable bonds is 5. The topological polar surface area (TPSA) is 74.8 Å². The SMILES string of the molecule is Cc1[nH]ncc1CCCNC1CCS(=O)(=O)CC1. The second-order valence-electron chi connectivity index (χ2n) is 5.00. The van der Waals surface area contributed by atoms with E-state index in [2.05, 4.69) is 15.5 Å². The first-order valence-electron chi connectivity index (χ1n) is 6.49. The zero-order valence-corrected chi connectivity index (χ0v) is 11.6. The Morgan fingerprint density at radius 2 is 2.17 bits per heavy atom. The molecule has 5 nitrogen and oxygen atoms in total. The Hall–Kier alpha value is -0.880. The molecule has 2 rings (SSSR count). The van der Waals surface area contributed by atoms with Gasteiger partial charge in [-0.05, 0) is 44.7 Å². The monoisotopic (exact) mass is 271 g/mol. The van der Waals surface area contributed by atoms with Crippen LogP contribution in [-0.2, 0) is 16.3 Å². The number of nitrogens with zero attached hydrogens (tertiary/aromatic N) is 1. The molecule has 0 spiro atoms. The summed E-state index contributed by atoms with van der Waals surface area (Å²) < 4.78 is 22.6. The number of aromatic nitrogens is 2. The van der Waals surface area contributed by atoms with E-state index in [1.165, 1.54) is 5.56 Å². The van der Waals surface area contributed by atoms with Crippen molar-refractivity contribution >= 4 is 9.84 Å². The van der Waals surface area contributed by atoms with E-state index in [1.54, 1.807) is 0 Å². The van der Waals surface area contributed by atoms with Crippen LogP contribution in [0.1, 0.15) is 30.5 Å². The Bertz CT molecular complexity index is 467. The fourth-order valence-electron chi connectivity index (χ4n) is 2.31. The summed E-state index contributed by atoms with van der Waals surface area (Å²) in [6, 6.07) is 0.374. The predicted octanol–water partition coefficient (Wildman–Crippen LogP) is 0.818. The quantitative estimate of drug-likeness (QED) is 0.777. The highest BCUT2D eigenvalue weighted by Gasteiger charge is 2.22. The molecule has 6 heteroatoms. The Kier molecular flexibility index (Phi) is 4.40. The highest BCUT2D eigenvalue weighted by molar-refractivity contribution is 7.91. The number of hydrogen-bond acceptors (Lipinski definition) is 4. The zero-order valence-electron chi connectivity index (χ0n) is 10.8. The van der Waals surface area contributed by atoms with E-state index in [0.29, 0.717) is 17.5 Å². The number of sulfone groups is 1. The lowest BCUT2D eigenvalue weighted by Gasteiger charge is -2.23. The number of aromatic amines is 1. The second-order valence-corrected chi connectivity index (χ2v) is 7.31. The van der Waals surface area contributed by atoms with Gasteiger partial charge < -0.3 is 5.32 Å². The van der Waals surface area contributed by atoms with Gasteiger partial charge in [-0.25, -0.2) is 8.42 Å². The Morgan fingerprint density at radius 3 is 2.78 bits per heavy atom. The largest absolute Gasteiger partial charge is 0.314 e. The van der Waals surface area contributed by atoms with Crippen LogP contribution in [0.2, 0.25) is 0 Å². The second kappa shape index (κ2) is 5.84. The minimum atomic E-state index is -2.74. The van der Waals surface area contributed by atoms with Crippen molar-refractivity contribution in [1.82, 2.24) is 15.5 Å². The van der Waals surface area contributed by atoms with Crippen molar-refractivity contribution in [3.05, 3.63) is 17.5 Å². The minimum absolute atomic E-state index is 0.339. The third-order valence-corrected chi connectivity index (χ3v) is 5.26. The molecule has 2 N–H and O–H groups in total. The van der Waals surface area contributed by atoms with Gasteiger partial charge in [-0.15, -0.1) is 0 Å². The maximum Gasteiger partial charge on any atom is 0.150 e. The maximum absolute atomic E-state index is 11.3. The lowest BCUT2D eigenvalue weighted by Crippen LogP contribution is -2.38. The van der Waals surface area contributed by atoms with Crippen molar-refractivity contribution in [2.45, 2.75) is 38.6 Å². The molecule has 0 aromatic carbocycles. The molecule has 1 aliphatic rings. The van der Waals surface area contributed by atoms with E-state index in [4.69, 9.17) is 0 Å². The molecule has 2 heterocycles. The van der Waals surface area contributed by atoms with E-state index in [-0.39, 0.29) is 0 Å². The van der Waals surface area contributed by atoms with Crippen LogP contribution in [-0.4, -0.2) is 42.7 Å². The summed E-state index contributed by atoms with van der Waals surface area (Å²) in [7, 11) is -2.74. The Labute approximate surface area is 108 Å². The van der Waals surface area contributed by atoms with Crippen molar-refractivity contribution in [3.63, 3.8) is 0 Å². The Balaban J connectivity index is 1.63. The minimum Gasteiger partial charge on any atom is -0.314 e. The standard InChI is InChI=1S/C12H21N3O2S/c1-10-11(9-14-15-10)3-2-6-13-12-4-7-18(16,17)8-5-12/h9,12-13H,2-8H2,1H3,(H,14,15). The molecule has 0 amide bonds. The van der Waals surface area contributed by atoms with Crippen LogP contribution in [0.5, 0.6) is 0 Å². The summed E-state index contributed by atoms with van der Waals surface area (Å²) in [4.78, 5) is 0. The normalized spacial score (nSPS) is 20.1. The molecule has 0 atom stereocenters. The molecule has 0 saturated carbocycles. The van der Waals surface area contributed by atoms with Gasteiger partial charge in [0, 0.05) is 11.7 Å². The van der Waals surface area contributed by atoms with Gasteiger partial charge in [0.2, 0.25) is 0 Å². The van der Waals surface area contributed by atoms with Crippen molar-refractivity contribution < 1.29 is 8.42 Å². The predicted molar refractivity (Wildman–Crippen MR) is 71.3 cm³/mol. The van der Waals surface area contributed by atoms with Crippen LogP contribution >= 0.6 is 0 Å². The van der Waals surface area contributed by atoms with Gasteiger partial charge in [-0.2, -0.15) is 5.10 Å². The highest BCUT2D eigenvalue weighted by atomic mass is 32.2. The lowest BCUT2D eigenvalue weighted by molar-refractivity contribution is 0.459. The van der Waals surface area contributed by atoms with Gasteiger partial charge in [-0.1, -0.05) is 0 Å². The first-order valence-corrected chi connectivity index (χ1v) is 8.31. The van der Waals surface area contributed by atoms with Crippen molar-refractivity contribution in [1.29, 1.82) is 0 Å². The van der Waals surface area contributed by atoms with Crippen molar-refractivity contribution in [2.24, 2.45) is 0 Å². The van der Waals surface area contributed by atoms with Crippen molar-refractivity contribution in [3.8, 4) is 0 Å². The molecule has 1 aromatic rings. The third kappa shape index (κ3) is 3.81. The number of aryl methyl sites for hydroxylation is 2. The first kappa shape index (κ1) is 13.5. The first-order chi connectivity index (χ1) is 8.57. The van der Waals surface area contributed by atoms with Crippen LogP contribution in [0.4, 0.5) is 0 Å². The molecule has 1 aromatic heterocycles. The van der Waals surface area contributed by atoms with E-state index in [1.807, 2.05) is 13.1 Å². The van der Waals surface area contributed by atoms with Crippen molar-refractivity contribution in [2.75, 3.05) is 18.1 Å². The molecule has 0 aliphatic carbocycles. The van der Waals surface area contributed by atoms with E-state index in [0.717, 1.165) is 37.9 Å². The van der Waals surface area contributed by atoms with Crippen LogP contribution in [0.25, 0.3) is 0 Å². The molecule has 1 saturated heterocycles. The molecule has 1 aliphatic heterocycles. The summed E-state index contributed by atoms with van der Waals surface area (Å²) in [6.45, 7) is 2.97. The number of nitrogens with one attached hydrogen (secondary N) is 2. The van der Waals surface area contributed by atoms with Gasteiger partial charge in [0.25, 0.3) is 0 Å². The molecule has 18 heavy (non-hydrogen) atoms. The van der Waals surface area contributed by atoms with Gasteiger partial charge in [0.15, 0.2) is 0 Å². The van der Waals surface area contributed by atoms with E-state index < -0.39 is 9.84 Å². The summed E-state index contributed by atoms with van der Waals surface area (Å²) in [5.41, 5.74) is 2.40. The van der Waals surface area contributed by atoms with Gasteiger partial charge >= 0.3 is 0 Å². The maximum atomic E-state index is 11.3. The zero-order chi connectivity index (χ0) is 13.0. The molecule has 0 bridgehead atoms. The fourth-order valence-corrected chi connectivity index (χ4v) is 3.80. The third-order valence-electron chi connectivity index (χ3n) is 3.54. The molecular weight excluding hydrogens is 250 g/mol. The molecule has 1 fully saturated rings. The summed E-state index contributed by atoms with van der Waals surface area (Å²) >= 11 is 0.